The Balaban J connectivity index is 1.03. The number of amidine groups is 2. The normalized spacial score (nSPS) is 15.1. The van der Waals surface area contributed by atoms with Gasteiger partial charge in [-0.3, -0.25) is 0 Å². The lowest BCUT2D eigenvalue weighted by molar-refractivity contribution is 0.660. The fraction of sp³-hybridized carbons (Fsp3) is 0.0755. The number of aliphatic imine (C=N–C) groups is 2. The molecule has 8 aromatic carbocycles. The fourth-order valence-electron chi connectivity index (χ4n) is 8.57. The third-order valence-corrected chi connectivity index (χ3v) is 11.6. The molecule has 1 unspecified atom stereocenters. The van der Waals surface area contributed by atoms with Crippen molar-refractivity contribution in [2.45, 2.75) is 25.4 Å². The average Bonchev–Trinajstić information content (AvgIpc) is 3.51. The summed E-state index contributed by atoms with van der Waals surface area (Å²) in [5.74, 6) is 1.51. The van der Waals surface area contributed by atoms with Crippen LogP contribution in [0.5, 0.6) is 0 Å². The van der Waals surface area contributed by atoms with Gasteiger partial charge in [0, 0.05) is 16.5 Å². The van der Waals surface area contributed by atoms with E-state index < -0.39 is 0 Å². The lowest BCUT2D eigenvalue weighted by Crippen LogP contribution is -2.33. The maximum absolute atomic E-state index is 9.65. The molecule has 0 fully saturated rings. The van der Waals surface area contributed by atoms with Crippen molar-refractivity contribution in [2.24, 2.45) is 9.98 Å². The smallest absolute Gasteiger partial charge is 0.159 e. The van der Waals surface area contributed by atoms with E-state index in [1.807, 2.05) is 42.5 Å². The van der Waals surface area contributed by atoms with Gasteiger partial charge in [-0.25, -0.2) is 9.98 Å². The molecule has 0 saturated carbocycles. The van der Waals surface area contributed by atoms with Crippen LogP contribution in [0.1, 0.15) is 53.4 Å². The summed E-state index contributed by atoms with van der Waals surface area (Å²) in [5, 5.41) is 15.6. The van der Waals surface area contributed by atoms with Gasteiger partial charge in [0.1, 0.15) is 12.0 Å². The van der Waals surface area contributed by atoms with Crippen molar-refractivity contribution >= 4 is 22.4 Å². The number of hydrogen-bond acceptors (Lipinski definition) is 4. The van der Waals surface area contributed by atoms with Gasteiger partial charge in [-0.05, 0) is 96.2 Å². The van der Waals surface area contributed by atoms with E-state index in [1.54, 1.807) is 0 Å². The van der Waals surface area contributed by atoms with E-state index in [1.165, 1.54) is 55.3 Å². The molecular formula is C53H38N4. The zero-order valence-electron chi connectivity index (χ0n) is 31.7. The van der Waals surface area contributed by atoms with Crippen molar-refractivity contribution in [1.82, 2.24) is 5.32 Å². The largest absolute Gasteiger partial charge is 0.344 e. The fourth-order valence-corrected chi connectivity index (χ4v) is 8.57. The van der Waals surface area contributed by atoms with Crippen LogP contribution in [0.25, 0.3) is 55.3 Å². The van der Waals surface area contributed by atoms with Crippen LogP contribution in [-0.2, 0) is 5.41 Å². The van der Waals surface area contributed by atoms with Crippen LogP contribution in [0, 0.1) is 11.3 Å². The third-order valence-electron chi connectivity index (χ3n) is 11.6. The molecule has 0 radical (unpaired) electrons. The van der Waals surface area contributed by atoms with E-state index in [4.69, 9.17) is 9.98 Å². The summed E-state index contributed by atoms with van der Waals surface area (Å²) in [6.45, 7) is 4.52. The molecule has 1 N–H and O–H groups in total. The highest BCUT2D eigenvalue weighted by Crippen LogP contribution is 2.52. The molecule has 8 aromatic rings. The molecule has 1 heterocycles. The van der Waals surface area contributed by atoms with Crippen LogP contribution in [-0.4, -0.2) is 11.7 Å². The van der Waals surface area contributed by atoms with Crippen LogP contribution in [0.4, 0.5) is 0 Å². The van der Waals surface area contributed by atoms with E-state index in [9.17, 15) is 5.26 Å². The van der Waals surface area contributed by atoms with Gasteiger partial charge >= 0.3 is 0 Å². The number of hydrogen-bond donors (Lipinski definition) is 1. The van der Waals surface area contributed by atoms with Crippen LogP contribution in [0.15, 0.2) is 192 Å². The van der Waals surface area contributed by atoms with Gasteiger partial charge in [-0.15, -0.1) is 0 Å². The Hall–Kier alpha value is -7.35. The van der Waals surface area contributed by atoms with E-state index in [0.717, 1.165) is 33.7 Å². The molecule has 10 rings (SSSR count). The summed E-state index contributed by atoms with van der Waals surface area (Å²) in [6.07, 6.45) is -0.252. The number of rotatable bonds is 6. The Morgan fingerprint density at radius 3 is 1.72 bits per heavy atom. The highest BCUT2D eigenvalue weighted by atomic mass is 15.2. The van der Waals surface area contributed by atoms with Gasteiger partial charge in [-0.1, -0.05) is 172 Å². The van der Waals surface area contributed by atoms with Crippen molar-refractivity contribution in [2.75, 3.05) is 0 Å². The monoisotopic (exact) mass is 730 g/mol. The van der Waals surface area contributed by atoms with Gasteiger partial charge in [0.05, 0.1) is 11.6 Å². The predicted molar refractivity (Wildman–Crippen MR) is 234 cm³/mol. The molecule has 0 amide bonds. The number of fused-ring (bicyclic) bond motifs is 4. The molecule has 1 aliphatic heterocycles. The first-order chi connectivity index (χ1) is 27.9. The molecule has 4 heteroatoms. The first-order valence-electron chi connectivity index (χ1n) is 19.4. The zero-order chi connectivity index (χ0) is 38.5. The van der Waals surface area contributed by atoms with Crippen LogP contribution < -0.4 is 5.32 Å². The quantitative estimate of drug-likeness (QED) is 0.185. The van der Waals surface area contributed by atoms with E-state index >= 15 is 0 Å². The molecule has 4 nitrogen and oxygen atoms in total. The Kier molecular flexibility index (Phi) is 8.24. The lowest BCUT2D eigenvalue weighted by Gasteiger charge is -2.23. The summed E-state index contributed by atoms with van der Waals surface area (Å²) >= 11 is 0. The summed E-state index contributed by atoms with van der Waals surface area (Å²) in [4.78, 5) is 10.1. The van der Waals surface area contributed by atoms with Gasteiger partial charge in [0.15, 0.2) is 5.84 Å². The maximum atomic E-state index is 9.65. The third kappa shape index (κ3) is 6.02. The lowest BCUT2D eigenvalue weighted by atomic mass is 9.81. The molecule has 1 atom stereocenters. The summed E-state index contributed by atoms with van der Waals surface area (Å²) < 4.78 is 0. The molecule has 57 heavy (non-hydrogen) atoms. The highest BCUT2D eigenvalue weighted by Gasteiger charge is 2.37. The number of nitriles is 1. The highest BCUT2D eigenvalue weighted by molar-refractivity contribution is 6.13. The van der Waals surface area contributed by atoms with Crippen molar-refractivity contribution in [3.8, 4) is 50.6 Å². The van der Waals surface area contributed by atoms with Crippen molar-refractivity contribution < 1.29 is 0 Å². The molecule has 270 valence electrons. The van der Waals surface area contributed by atoms with Crippen LogP contribution in [0.3, 0.4) is 0 Å². The molecule has 0 bridgehead atoms. The second-order valence-electron chi connectivity index (χ2n) is 15.4. The molecule has 0 aromatic heterocycles. The summed E-state index contributed by atoms with van der Waals surface area (Å²) in [7, 11) is 0. The number of nitrogens with zero attached hydrogens (tertiary/aromatic N) is 3. The molecular weight excluding hydrogens is 693 g/mol. The van der Waals surface area contributed by atoms with Crippen molar-refractivity contribution in [3.05, 3.63) is 215 Å². The predicted octanol–water partition coefficient (Wildman–Crippen LogP) is 12.5. The van der Waals surface area contributed by atoms with Crippen LogP contribution >= 0.6 is 0 Å². The van der Waals surface area contributed by atoms with Gasteiger partial charge in [-0.2, -0.15) is 5.26 Å². The number of nitrogens with one attached hydrogen (secondary N) is 1. The minimum absolute atomic E-state index is 0.191. The number of benzene rings is 8. The van der Waals surface area contributed by atoms with Gasteiger partial charge in [0.25, 0.3) is 0 Å². The van der Waals surface area contributed by atoms with Crippen LogP contribution in [0.2, 0.25) is 0 Å². The molecule has 1 aliphatic carbocycles. The van der Waals surface area contributed by atoms with Crippen molar-refractivity contribution in [3.63, 3.8) is 0 Å². The van der Waals surface area contributed by atoms with E-state index in [-0.39, 0.29) is 11.6 Å². The summed E-state index contributed by atoms with van der Waals surface area (Å²) in [5.41, 5.74) is 15.5. The van der Waals surface area contributed by atoms with Gasteiger partial charge < -0.3 is 5.32 Å². The molecule has 0 saturated heterocycles. The molecule has 2 aliphatic rings. The van der Waals surface area contributed by atoms with E-state index in [0.29, 0.717) is 11.4 Å². The first-order valence-corrected chi connectivity index (χ1v) is 19.4. The second-order valence-corrected chi connectivity index (χ2v) is 15.4. The SMILES string of the molecule is CC1(C)c2cc(C#N)ccc2-c2c(-c3ccc(-c4cc5ccccc5cc4-c4ccc(C5=NC(c6ccccc6)NC(c6ccccc6)=N5)cc4)cc3)cccc21. The maximum Gasteiger partial charge on any atom is 0.159 e. The minimum Gasteiger partial charge on any atom is -0.344 e. The van der Waals surface area contributed by atoms with E-state index in [2.05, 4.69) is 165 Å². The standard InChI is InChI=1S/C53H38N4/c1-53(2)47-19-11-18-43(49(47)44-29-20-34(33-54)30-48(44)53)35-21-23-36(24-22-35)45-31-41-16-9-10-17-42(41)32-46(45)37-25-27-40(28-26-37)52-56-50(38-12-5-3-6-13-38)55-51(57-52)39-14-7-4-8-15-39/h3-32,50H,1-2H3,(H,55,56,57). The Bertz CT molecular complexity index is 2930. The Morgan fingerprint density at radius 2 is 1.09 bits per heavy atom. The van der Waals surface area contributed by atoms with Crippen molar-refractivity contribution in [1.29, 1.82) is 5.26 Å². The topological polar surface area (TPSA) is 60.5 Å². The second kappa shape index (κ2) is 13.7. The minimum atomic E-state index is -0.252. The van der Waals surface area contributed by atoms with Gasteiger partial charge in [0.2, 0.25) is 0 Å². The Morgan fingerprint density at radius 1 is 0.509 bits per heavy atom. The average molecular weight is 731 g/mol. The zero-order valence-corrected chi connectivity index (χ0v) is 31.7. The Labute approximate surface area is 333 Å². The molecule has 0 spiro atoms. The summed E-state index contributed by atoms with van der Waals surface area (Å²) in [6, 6.07) is 66.5. The first kappa shape index (κ1) is 34.2.